The molecule has 0 radical (unpaired) electrons. The highest BCUT2D eigenvalue weighted by Crippen LogP contribution is 2.19. The molecule has 0 spiro atoms. The number of carbonyl (C=O) groups is 1. The van der Waals surface area contributed by atoms with Gasteiger partial charge in [0.05, 0.1) is 17.7 Å². The number of amides is 1. The van der Waals surface area contributed by atoms with Crippen LogP contribution in [0.2, 0.25) is 0 Å². The fourth-order valence-electron chi connectivity index (χ4n) is 1.58. The van der Waals surface area contributed by atoms with Crippen LogP contribution in [0.25, 0.3) is 5.69 Å². The Bertz CT molecular complexity index is 531. The van der Waals surface area contributed by atoms with E-state index >= 15 is 0 Å². The monoisotopic (exact) mass is 230 g/mol. The Morgan fingerprint density at radius 3 is 2.71 bits per heavy atom. The predicted molar refractivity (Wildman–Crippen MR) is 66.0 cm³/mol. The lowest BCUT2D eigenvalue weighted by molar-refractivity contribution is 0.0827. The van der Waals surface area contributed by atoms with Gasteiger partial charge in [-0.2, -0.15) is 0 Å². The second-order valence-electron chi connectivity index (χ2n) is 3.94. The maximum absolute atomic E-state index is 11.7. The summed E-state index contributed by atoms with van der Waals surface area (Å²) in [7, 11) is 3.42. The summed E-state index contributed by atoms with van der Waals surface area (Å²) >= 11 is 0. The van der Waals surface area contributed by atoms with E-state index in [-0.39, 0.29) is 5.91 Å². The van der Waals surface area contributed by atoms with Gasteiger partial charge in [0.15, 0.2) is 0 Å². The zero-order valence-corrected chi connectivity index (χ0v) is 9.79. The van der Waals surface area contributed by atoms with Crippen LogP contribution in [0.1, 0.15) is 10.4 Å². The number of benzene rings is 1. The molecule has 2 N–H and O–H groups in total. The first-order valence-electron chi connectivity index (χ1n) is 5.19. The molecule has 0 bridgehead atoms. The van der Waals surface area contributed by atoms with Gasteiger partial charge in [0.25, 0.3) is 5.91 Å². The quantitative estimate of drug-likeness (QED) is 0.787. The molecule has 1 amide bonds. The highest BCUT2D eigenvalue weighted by atomic mass is 16.2. The van der Waals surface area contributed by atoms with Crippen LogP contribution in [0, 0.1) is 0 Å². The molecular weight excluding hydrogens is 216 g/mol. The van der Waals surface area contributed by atoms with Gasteiger partial charge in [0.1, 0.15) is 0 Å². The summed E-state index contributed by atoms with van der Waals surface area (Å²) in [4.78, 5) is 17.2. The first-order chi connectivity index (χ1) is 8.09. The van der Waals surface area contributed by atoms with E-state index in [1.165, 1.54) is 4.90 Å². The summed E-state index contributed by atoms with van der Waals surface area (Å²) in [6.07, 6.45) is 5.15. The van der Waals surface area contributed by atoms with Crippen LogP contribution in [0.4, 0.5) is 5.69 Å². The van der Waals surface area contributed by atoms with Crippen molar-refractivity contribution >= 4 is 11.6 Å². The van der Waals surface area contributed by atoms with Gasteiger partial charge in [-0.05, 0) is 18.2 Å². The number of aromatic nitrogens is 2. The van der Waals surface area contributed by atoms with E-state index in [9.17, 15) is 4.79 Å². The first-order valence-corrected chi connectivity index (χ1v) is 5.19. The van der Waals surface area contributed by atoms with Crippen LogP contribution < -0.4 is 5.73 Å². The van der Waals surface area contributed by atoms with Crippen LogP contribution in [-0.2, 0) is 0 Å². The highest BCUT2D eigenvalue weighted by Gasteiger charge is 2.10. The van der Waals surface area contributed by atoms with E-state index in [1.54, 1.807) is 49.5 Å². The molecule has 2 aromatic rings. The summed E-state index contributed by atoms with van der Waals surface area (Å²) in [6.45, 7) is 0. The molecule has 0 saturated heterocycles. The van der Waals surface area contributed by atoms with Gasteiger partial charge in [-0.15, -0.1) is 0 Å². The van der Waals surface area contributed by atoms with Crippen molar-refractivity contribution in [2.24, 2.45) is 0 Å². The van der Waals surface area contributed by atoms with Crippen molar-refractivity contribution in [2.75, 3.05) is 19.8 Å². The van der Waals surface area contributed by atoms with Gasteiger partial charge in [0, 0.05) is 32.1 Å². The van der Waals surface area contributed by atoms with Crippen molar-refractivity contribution in [3.05, 3.63) is 42.5 Å². The van der Waals surface area contributed by atoms with Gasteiger partial charge in [0.2, 0.25) is 0 Å². The highest BCUT2D eigenvalue weighted by molar-refractivity contribution is 5.95. The number of hydrogen-bond donors (Lipinski definition) is 1. The minimum absolute atomic E-state index is 0.0612. The maximum atomic E-state index is 11.7. The topological polar surface area (TPSA) is 64.2 Å². The van der Waals surface area contributed by atoms with E-state index in [2.05, 4.69) is 4.98 Å². The van der Waals surface area contributed by atoms with Gasteiger partial charge in [-0.25, -0.2) is 4.98 Å². The Kier molecular flexibility index (Phi) is 2.82. The minimum atomic E-state index is -0.0612. The molecular formula is C12H14N4O. The number of rotatable bonds is 2. The van der Waals surface area contributed by atoms with Crippen LogP contribution in [-0.4, -0.2) is 34.5 Å². The second-order valence-corrected chi connectivity index (χ2v) is 3.94. The third-order valence-electron chi connectivity index (χ3n) is 2.46. The van der Waals surface area contributed by atoms with Gasteiger partial charge >= 0.3 is 0 Å². The van der Waals surface area contributed by atoms with Crippen LogP contribution in [0.5, 0.6) is 0 Å². The van der Waals surface area contributed by atoms with Crippen molar-refractivity contribution in [3.8, 4) is 5.69 Å². The molecule has 0 saturated carbocycles. The molecule has 0 atom stereocenters. The molecule has 88 valence electrons. The van der Waals surface area contributed by atoms with Crippen molar-refractivity contribution < 1.29 is 4.79 Å². The van der Waals surface area contributed by atoms with Crippen molar-refractivity contribution in [1.29, 1.82) is 0 Å². The first kappa shape index (κ1) is 11.2. The molecule has 5 heteroatoms. The molecule has 5 nitrogen and oxygen atoms in total. The van der Waals surface area contributed by atoms with E-state index in [0.29, 0.717) is 11.3 Å². The molecule has 1 aromatic carbocycles. The molecule has 0 fully saturated rings. The molecule has 0 unspecified atom stereocenters. The average molecular weight is 230 g/mol. The fourth-order valence-corrected chi connectivity index (χ4v) is 1.58. The fraction of sp³-hybridized carbons (Fsp3) is 0.167. The van der Waals surface area contributed by atoms with E-state index in [0.717, 1.165) is 5.69 Å². The van der Waals surface area contributed by atoms with Crippen molar-refractivity contribution in [1.82, 2.24) is 14.5 Å². The molecule has 0 aliphatic heterocycles. The van der Waals surface area contributed by atoms with E-state index in [4.69, 9.17) is 5.73 Å². The van der Waals surface area contributed by atoms with Crippen LogP contribution >= 0.6 is 0 Å². The van der Waals surface area contributed by atoms with Crippen molar-refractivity contribution in [2.45, 2.75) is 0 Å². The molecule has 2 rings (SSSR count). The molecule has 0 aliphatic carbocycles. The third kappa shape index (κ3) is 2.13. The number of nitrogens with two attached hydrogens (primary N) is 1. The number of anilines is 1. The van der Waals surface area contributed by atoms with E-state index in [1.807, 2.05) is 6.07 Å². The number of carbonyl (C=O) groups excluding carboxylic acids is 1. The Hall–Kier alpha value is -2.30. The normalized spacial score (nSPS) is 10.2. The van der Waals surface area contributed by atoms with E-state index < -0.39 is 0 Å². The standard InChI is InChI=1S/C12H14N4O/c1-15(2)12(17)9-3-4-11(10(13)7-9)16-6-5-14-8-16/h3-8H,13H2,1-2H3. The summed E-state index contributed by atoms with van der Waals surface area (Å²) in [5, 5.41) is 0. The summed E-state index contributed by atoms with van der Waals surface area (Å²) in [5.41, 5.74) is 7.88. The van der Waals surface area contributed by atoms with Crippen LogP contribution in [0.15, 0.2) is 36.9 Å². The number of nitrogen functional groups attached to an aromatic ring is 1. The predicted octanol–water partition coefficient (Wildman–Crippen LogP) is 1.16. The van der Waals surface area contributed by atoms with Gasteiger partial charge in [-0.1, -0.05) is 0 Å². The summed E-state index contributed by atoms with van der Waals surface area (Å²) < 4.78 is 1.80. The molecule has 17 heavy (non-hydrogen) atoms. The molecule has 0 aliphatic rings. The summed E-state index contributed by atoms with van der Waals surface area (Å²) in [5.74, 6) is -0.0612. The Labute approximate surface area is 99.5 Å². The molecule has 1 heterocycles. The summed E-state index contributed by atoms with van der Waals surface area (Å²) in [6, 6.07) is 5.25. The lowest BCUT2D eigenvalue weighted by Crippen LogP contribution is -2.21. The Morgan fingerprint density at radius 1 is 1.41 bits per heavy atom. The van der Waals surface area contributed by atoms with Crippen LogP contribution in [0.3, 0.4) is 0 Å². The lowest BCUT2D eigenvalue weighted by Gasteiger charge is -2.12. The van der Waals surface area contributed by atoms with Crippen molar-refractivity contribution in [3.63, 3.8) is 0 Å². The number of imidazole rings is 1. The average Bonchev–Trinajstić information content (AvgIpc) is 2.81. The minimum Gasteiger partial charge on any atom is -0.397 e. The zero-order chi connectivity index (χ0) is 12.4. The number of nitrogens with zero attached hydrogens (tertiary/aromatic N) is 3. The number of hydrogen-bond acceptors (Lipinski definition) is 3. The van der Waals surface area contributed by atoms with Gasteiger partial charge < -0.3 is 15.2 Å². The lowest BCUT2D eigenvalue weighted by atomic mass is 10.1. The molecule has 1 aromatic heterocycles. The largest absolute Gasteiger partial charge is 0.397 e. The third-order valence-corrected chi connectivity index (χ3v) is 2.46. The van der Waals surface area contributed by atoms with Gasteiger partial charge in [-0.3, -0.25) is 4.79 Å². The smallest absolute Gasteiger partial charge is 0.253 e. The Morgan fingerprint density at radius 2 is 2.18 bits per heavy atom. The SMILES string of the molecule is CN(C)C(=O)c1ccc(-n2ccnc2)c(N)c1. The zero-order valence-electron chi connectivity index (χ0n) is 9.79. The second kappa shape index (κ2) is 4.29. The Balaban J connectivity index is 2.39. The maximum Gasteiger partial charge on any atom is 0.253 e.